The van der Waals surface area contributed by atoms with Gasteiger partial charge in [0.05, 0.1) is 0 Å². The van der Waals surface area contributed by atoms with Crippen molar-refractivity contribution < 1.29 is 14.4 Å². The van der Waals surface area contributed by atoms with Crippen molar-refractivity contribution in [3.05, 3.63) is 0 Å². The molecule has 6 heteroatoms. The molecule has 25 heavy (non-hydrogen) atoms. The van der Waals surface area contributed by atoms with Gasteiger partial charge in [0.25, 0.3) is 5.91 Å². The van der Waals surface area contributed by atoms with Crippen LogP contribution in [0.4, 0.5) is 4.79 Å². The van der Waals surface area contributed by atoms with Gasteiger partial charge >= 0.3 is 6.03 Å². The predicted molar refractivity (Wildman–Crippen MR) is 94.6 cm³/mol. The van der Waals surface area contributed by atoms with Crippen LogP contribution in [0.1, 0.15) is 59.8 Å². The molecular weight excluding hydrogens is 318 g/mol. The Hall–Kier alpha value is -1.59. The maximum absolute atomic E-state index is 12.6. The first-order valence-corrected chi connectivity index (χ1v) is 9.63. The second-order valence-electron chi connectivity index (χ2n) is 8.95. The molecule has 1 saturated heterocycles. The van der Waals surface area contributed by atoms with E-state index in [1.165, 1.54) is 25.7 Å². The van der Waals surface area contributed by atoms with Crippen LogP contribution in [0.3, 0.4) is 0 Å². The molecule has 3 aliphatic rings. The van der Waals surface area contributed by atoms with E-state index in [0.29, 0.717) is 12.3 Å². The molecule has 5 unspecified atom stereocenters. The van der Waals surface area contributed by atoms with Crippen LogP contribution in [0, 0.1) is 23.7 Å². The number of fused-ring (bicyclic) bond motifs is 2. The fourth-order valence-corrected chi connectivity index (χ4v) is 5.30. The number of nitrogens with one attached hydrogen (secondary N) is 2. The highest BCUT2D eigenvalue weighted by molar-refractivity contribution is 6.08. The molecule has 0 aromatic carbocycles. The summed E-state index contributed by atoms with van der Waals surface area (Å²) in [6.45, 7) is 7.62. The summed E-state index contributed by atoms with van der Waals surface area (Å²) >= 11 is 0. The van der Waals surface area contributed by atoms with Crippen LogP contribution in [0.5, 0.6) is 0 Å². The van der Waals surface area contributed by atoms with E-state index in [2.05, 4.69) is 17.6 Å². The van der Waals surface area contributed by atoms with Crippen molar-refractivity contribution >= 4 is 17.8 Å². The largest absolute Gasteiger partial charge is 0.352 e. The number of imide groups is 1. The van der Waals surface area contributed by atoms with E-state index >= 15 is 0 Å². The van der Waals surface area contributed by atoms with Gasteiger partial charge in [-0.05, 0) is 63.2 Å². The molecule has 2 bridgehead atoms. The molecule has 2 saturated carbocycles. The number of carbonyl (C=O) groups excluding carboxylic acids is 3. The zero-order chi connectivity index (χ0) is 18.4. The lowest BCUT2D eigenvalue weighted by Crippen LogP contribution is -2.48. The number of rotatable bonds is 6. The monoisotopic (exact) mass is 349 g/mol. The Morgan fingerprint density at radius 3 is 2.56 bits per heavy atom. The van der Waals surface area contributed by atoms with E-state index in [1.54, 1.807) is 6.92 Å². The normalized spacial score (nSPS) is 35.4. The van der Waals surface area contributed by atoms with Gasteiger partial charge in [-0.3, -0.25) is 14.5 Å². The quantitative estimate of drug-likeness (QED) is 0.722. The fourth-order valence-electron chi connectivity index (χ4n) is 5.30. The summed E-state index contributed by atoms with van der Waals surface area (Å²) in [6, 6.07) is -0.360. The molecule has 5 atom stereocenters. The predicted octanol–water partition coefficient (Wildman–Crippen LogP) is 2.28. The van der Waals surface area contributed by atoms with Crippen molar-refractivity contribution in [1.29, 1.82) is 0 Å². The van der Waals surface area contributed by atoms with Crippen LogP contribution in [-0.4, -0.2) is 40.9 Å². The minimum absolute atomic E-state index is 0.102. The van der Waals surface area contributed by atoms with Gasteiger partial charge in [-0.2, -0.15) is 0 Å². The topological polar surface area (TPSA) is 78.5 Å². The minimum atomic E-state index is -0.901. The van der Waals surface area contributed by atoms with Gasteiger partial charge in [0.15, 0.2) is 0 Å². The third-order valence-corrected chi connectivity index (χ3v) is 6.29. The first kappa shape index (κ1) is 18.2. The van der Waals surface area contributed by atoms with E-state index in [1.807, 2.05) is 13.8 Å². The fraction of sp³-hybridized carbons (Fsp3) is 0.842. The van der Waals surface area contributed by atoms with Crippen LogP contribution in [0.2, 0.25) is 0 Å². The Bertz CT molecular complexity index is 576. The van der Waals surface area contributed by atoms with Gasteiger partial charge in [0, 0.05) is 6.04 Å². The van der Waals surface area contributed by atoms with Crippen molar-refractivity contribution in [1.82, 2.24) is 15.5 Å². The van der Waals surface area contributed by atoms with Gasteiger partial charge in [-0.15, -0.1) is 0 Å². The van der Waals surface area contributed by atoms with E-state index in [0.717, 1.165) is 16.7 Å². The molecule has 4 amide bonds. The Labute approximate surface area is 150 Å². The molecular formula is C19H31N3O3. The van der Waals surface area contributed by atoms with Gasteiger partial charge in [0.1, 0.15) is 12.1 Å². The summed E-state index contributed by atoms with van der Waals surface area (Å²) in [5, 5.41) is 5.78. The first-order chi connectivity index (χ1) is 11.7. The zero-order valence-corrected chi connectivity index (χ0v) is 15.8. The third kappa shape index (κ3) is 3.53. The smallest absolute Gasteiger partial charge is 0.325 e. The molecule has 2 aliphatic carbocycles. The highest BCUT2D eigenvalue weighted by Gasteiger charge is 2.48. The maximum atomic E-state index is 12.6. The van der Waals surface area contributed by atoms with Gasteiger partial charge < -0.3 is 10.6 Å². The second kappa shape index (κ2) is 6.61. The summed E-state index contributed by atoms with van der Waals surface area (Å²) < 4.78 is 0. The lowest BCUT2D eigenvalue weighted by atomic mass is 9.84. The number of hydrogen-bond donors (Lipinski definition) is 2. The average Bonchev–Trinajstić information content (AvgIpc) is 3.17. The Kier molecular flexibility index (Phi) is 4.82. The molecule has 1 aliphatic heterocycles. The lowest BCUT2D eigenvalue weighted by Gasteiger charge is -2.29. The van der Waals surface area contributed by atoms with Crippen molar-refractivity contribution in [2.24, 2.45) is 23.7 Å². The van der Waals surface area contributed by atoms with Crippen LogP contribution in [0.15, 0.2) is 0 Å². The van der Waals surface area contributed by atoms with Crippen molar-refractivity contribution in [3.8, 4) is 0 Å². The number of urea groups is 1. The van der Waals surface area contributed by atoms with Gasteiger partial charge in [0.2, 0.25) is 5.91 Å². The molecule has 3 fully saturated rings. The minimum Gasteiger partial charge on any atom is -0.352 e. The van der Waals surface area contributed by atoms with Crippen LogP contribution < -0.4 is 10.6 Å². The third-order valence-electron chi connectivity index (χ3n) is 6.29. The number of amides is 4. The van der Waals surface area contributed by atoms with E-state index in [-0.39, 0.29) is 30.3 Å². The van der Waals surface area contributed by atoms with Crippen molar-refractivity contribution in [2.75, 3.05) is 6.54 Å². The lowest BCUT2D eigenvalue weighted by molar-refractivity contribution is -0.135. The van der Waals surface area contributed by atoms with Gasteiger partial charge in [-0.1, -0.05) is 20.3 Å². The second-order valence-corrected chi connectivity index (χ2v) is 8.95. The summed E-state index contributed by atoms with van der Waals surface area (Å²) in [4.78, 5) is 38.3. The molecule has 0 spiro atoms. The van der Waals surface area contributed by atoms with Crippen molar-refractivity contribution in [3.63, 3.8) is 0 Å². The number of hydrogen-bond acceptors (Lipinski definition) is 3. The van der Waals surface area contributed by atoms with Crippen molar-refractivity contribution in [2.45, 2.75) is 71.4 Å². The van der Waals surface area contributed by atoms with E-state index in [4.69, 9.17) is 0 Å². The highest BCUT2D eigenvalue weighted by Crippen LogP contribution is 2.49. The molecule has 6 nitrogen and oxygen atoms in total. The van der Waals surface area contributed by atoms with Crippen LogP contribution in [0.25, 0.3) is 0 Å². The average molecular weight is 349 g/mol. The molecule has 0 aromatic heterocycles. The van der Waals surface area contributed by atoms with Crippen LogP contribution in [-0.2, 0) is 9.59 Å². The summed E-state index contributed by atoms with van der Waals surface area (Å²) in [7, 11) is 0. The molecule has 3 rings (SSSR count). The molecule has 1 heterocycles. The Balaban J connectivity index is 1.55. The SMILES string of the molecule is CC(C)CC1(C)NC(=O)N(CC(=O)NC(C)C2CC3CCC2C3)C1=O. The van der Waals surface area contributed by atoms with E-state index in [9.17, 15) is 14.4 Å². The molecule has 140 valence electrons. The first-order valence-electron chi connectivity index (χ1n) is 9.63. The van der Waals surface area contributed by atoms with E-state index < -0.39 is 11.6 Å². The Morgan fingerprint density at radius 1 is 1.28 bits per heavy atom. The molecule has 0 radical (unpaired) electrons. The highest BCUT2D eigenvalue weighted by atomic mass is 16.2. The maximum Gasteiger partial charge on any atom is 0.325 e. The molecule has 2 N–H and O–H groups in total. The Morgan fingerprint density at radius 2 is 2.00 bits per heavy atom. The standard InChI is InChI=1S/C19H31N3O3/c1-11(2)9-19(4)17(24)22(18(25)21-19)10-16(23)20-12(3)15-8-13-5-6-14(15)7-13/h11-15H,5-10H2,1-4H3,(H,20,23)(H,21,25). The van der Waals surface area contributed by atoms with Crippen LogP contribution >= 0.6 is 0 Å². The summed E-state index contributed by atoms with van der Waals surface area (Å²) in [6.07, 6.45) is 5.67. The number of carbonyl (C=O) groups is 3. The zero-order valence-electron chi connectivity index (χ0n) is 15.8. The van der Waals surface area contributed by atoms with Gasteiger partial charge in [-0.25, -0.2) is 4.79 Å². The summed E-state index contributed by atoms with van der Waals surface area (Å²) in [5.74, 6) is 1.84. The molecule has 0 aromatic rings. The summed E-state index contributed by atoms with van der Waals surface area (Å²) in [5.41, 5.74) is -0.901. The number of nitrogens with zero attached hydrogens (tertiary/aromatic N) is 1.